The van der Waals surface area contributed by atoms with Gasteiger partial charge in [0.05, 0.1) is 25.8 Å². The van der Waals surface area contributed by atoms with Crippen molar-refractivity contribution in [2.45, 2.75) is 82.8 Å². The number of likely N-dealkylation sites (tertiary alicyclic amines) is 1. The maximum atomic E-state index is 13.5. The third kappa shape index (κ3) is 12.1. The van der Waals surface area contributed by atoms with Crippen molar-refractivity contribution in [1.82, 2.24) is 36.1 Å². The summed E-state index contributed by atoms with van der Waals surface area (Å²) in [5.41, 5.74) is 0.479. The number of aliphatic hydroxyl groups is 4. The number of aromatic amines is 1. The van der Waals surface area contributed by atoms with Crippen molar-refractivity contribution >= 4 is 35.8 Å². The summed E-state index contributed by atoms with van der Waals surface area (Å²) in [5, 5.41) is 50.6. The lowest BCUT2D eigenvalue weighted by Crippen LogP contribution is -2.59. The minimum atomic E-state index is -1.51. The largest absolute Gasteiger partial charge is 0.394 e. The summed E-state index contributed by atoms with van der Waals surface area (Å²) in [7, 11) is 0. The van der Waals surface area contributed by atoms with Crippen LogP contribution in [0.1, 0.15) is 45.7 Å². The number of aliphatic hydroxyl groups excluding tert-OH is 4. The van der Waals surface area contributed by atoms with Crippen LogP contribution < -0.4 is 21.3 Å². The fourth-order valence-electron chi connectivity index (χ4n) is 4.53. The van der Waals surface area contributed by atoms with Crippen LogP contribution in [0, 0.1) is 5.92 Å². The lowest BCUT2D eigenvalue weighted by atomic mass is 10.0. The predicted octanol–water partition coefficient (Wildman–Crippen LogP) is -3.75. The third-order valence-corrected chi connectivity index (χ3v) is 6.91. The minimum Gasteiger partial charge on any atom is -0.394 e. The Hall–Kier alpha value is -4.13. The van der Waals surface area contributed by atoms with Crippen LogP contribution in [0.4, 0.5) is 0 Å². The molecule has 252 valence electrons. The van der Waals surface area contributed by atoms with E-state index in [0.29, 0.717) is 25.1 Å². The molecule has 0 spiro atoms. The van der Waals surface area contributed by atoms with E-state index < -0.39 is 79.9 Å². The van der Waals surface area contributed by atoms with Crippen molar-refractivity contribution < 1.29 is 49.2 Å². The molecule has 0 bridgehead atoms. The zero-order valence-corrected chi connectivity index (χ0v) is 25.5. The number of hydrogen-bond donors (Lipinski definition) is 9. The Labute approximate surface area is 260 Å². The van der Waals surface area contributed by atoms with Crippen LogP contribution in [0.2, 0.25) is 0 Å². The van der Waals surface area contributed by atoms with Gasteiger partial charge in [-0.05, 0) is 25.2 Å². The van der Waals surface area contributed by atoms with E-state index >= 15 is 0 Å². The molecule has 18 nitrogen and oxygen atoms in total. The average molecular weight is 641 g/mol. The van der Waals surface area contributed by atoms with E-state index in [2.05, 4.69) is 36.4 Å². The number of aromatic nitrogens is 2. The van der Waals surface area contributed by atoms with Crippen LogP contribution in [0.15, 0.2) is 17.7 Å². The average Bonchev–Trinajstić information content (AvgIpc) is 3.70. The van der Waals surface area contributed by atoms with Gasteiger partial charge in [0.15, 0.2) is 6.73 Å². The number of hydrogen-bond acceptors (Lipinski definition) is 12. The summed E-state index contributed by atoms with van der Waals surface area (Å²) in [6.07, 6.45) is 1.92. The monoisotopic (exact) mass is 640 g/mol. The molecule has 0 radical (unpaired) electrons. The molecular weight excluding hydrogens is 596 g/mol. The first-order valence-electron chi connectivity index (χ1n) is 14.5. The number of nitrogens with zero attached hydrogens (tertiary/aromatic N) is 3. The lowest BCUT2D eigenvalue weighted by Gasteiger charge is -2.28. The fourth-order valence-corrected chi connectivity index (χ4v) is 4.53. The van der Waals surface area contributed by atoms with Gasteiger partial charge in [-0.25, -0.2) is 4.98 Å². The van der Waals surface area contributed by atoms with Gasteiger partial charge in [0.2, 0.25) is 29.5 Å². The molecule has 0 aromatic carbocycles. The van der Waals surface area contributed by atoms with E-state index in [9.17, 15) is 39.3 Å². The highest BCUT2D eigenvalue weighted by atomic mass is 16.6. The number of carbonyl (C=O) groups is 5. The van der Waals surface area contributed by atoms with Gasteiger partial charge in [-0.15, -0.1) is 0 Å². The zero-order valence-electron chi connectivity index (χ0n) is 25.5. The summed E-state index contributed by atoms with van der Waals surface area (Å²) in [6.45, 7) is 3.48. The van der Waals surface area contributed by atoms with Crippen LogP contribution in [-0.4, -0.2) is 134 Å². The molecule has 6 unspecified atom stereocenters. The van der Waals surface area contributed by atoms with E-state index in [-0.39, 0.29) is 24.7 Å². The molecule has 1 aromatic rings. The third-order valence-electron chi connectivity index (χ3n) is 6.91. The molecule has 18 heteroatoms. The molecule has 1 saturated heterocycles. The minimum absolute atomic E-state index is 0.0227. The van der Waals surface area contributed by atoms with Gasteiger partial charge < -0.3 is 56.4 Å². The Morgan fingerprint density at radius 1 is 1.07 bits per heavy atom. The second-order valence-corrected chi connectivity index (χ2v) is 11.0. The maximum Gasteiger partial charge on any atom is 0.247 e. The highest BCUT2D eigenvalue weighted by molar-refractivity contribution is 5.95. The Balaban J connectivity index is 2.09. The molecule has 9 N–H and O–H groups in total. The van der Waals surface area contributed by atoms with Crippen LogP contribution in [0.5, 0.6) is 0 Å². The van der Waals surface area contributed by atoms with Crippen LogP contribution in [-0.2, 0) is 35.2 Å². The quantitative estimate of drug-likeness (QED) is 0.0325. The van der Waals surface area contributed by atoms with Gasteiger partial charge >= 0.3 is 0 Å². The van der Waals surface area contributed by atoms with E-state index in [0.717, 1.165) is 6.21 Å². The predicted molar refractivity (Wildman–Crippen MR) is 157 cm³/mol. The zero-order chi connectivity index (χ0) is 33.5. The molecule has 45 heavy (non-hydrogen) atoms. The van der Waals surface area contributed by atoms with Crippen molar-refractivity contribution in [3.8, 4) is 0 Å². The molecule has 1 fully saturated rings. The molecule has 1 aliphatic rings. The summed E-state index contributed by atoms with van der Waals surface area (Å²) in [4.78, 5) is 77.3. The number of carbonyl (C=O) groups excluding carboxylic acids is 5. The number of H-pyrrole nitrogens is 1. The van der Waals surface area contributed by atoms with Crippen LogP contribution in [0.3, 0.4) is 0 Å². The van der Waals surface area contributed by atoms with E-state index in [4.69, 9.17) is 9.94 Å². The van der Waals surface area contributed by atoms with Crippen molar-refractivity contribution in [2.75, 3.05) is 26.5 Å². The molecule has 1 aliphatic heterocycles. The highest BCUT2D eigenvalue weighted by Crippen LogP contribution is 2.18. The number of rotatable bonds is 18. The number of oxime groups is 1. The molecule has 5 amide bonds. The fraction of sp³-hybridized carbons (Fsp3) is 0.667. The van der Waals surface area contributed by atoms with E-state index in [1.54, 1.807) is 0 Å². The van der Waals surface area contributed by atoms with Crippen molar-refractivity contribution in [3.63, 3.8) is 0 Å². The normalized spacial score (nSPS) is 18.1. The topological polar surface area (TPSA) is 268 Å². The van der Waals surface area contributed by atoms with Crippen molar-refractivity contribution in [3.05, 3.63) is 18.2 Å². The van der Waals surface area contributed by atoms with Gasteiger partial charge in [0.25, 0.3) is 0 Å². The Kier molecular flexibility index (Phi) is 15.3. The number of imidazole rings is 1. The standard InChI is InChI=1S/C27H44N8O10/c1-15(2)7-18(33-27(44)21-5-4-6-35(21)16(3)38)25(42)32-19(8-17-9-28-13-29-17)26(43)34-20(11-36)24(41)30-14-45-31-10-22(39)23(40)12-37/h9-10,13,15,18-23,36-37,39-40H,4-8,11-12,14H2,1-3H3,(H,28,29)(H,30,41)(H,32,42)(H,33,44)(H,34,43). The number of amides is 5. The number of nitrogens with one attached hydrogen (secondary N) is 5. The highest BCUT2D eigenvalue weighted by Gasteiger charge is 2.36. The van der Waals surface area contributed by atoms with Gasteiger partial charge in [-0.3, -0.25) is 24.0 Å². The van der Waals surface area contributed by atoms with Gasteiger partial charge in [0.1, 0.15) is 36.4 Å². The second-order valence-electron chi connectivity index (χ2n) is 11.0. The Morgan fingerprint density at radius 3 is 2.36 bits per heavy atom. The smallest absolute Gasteiger partial charge is 0.247 e. The summed E-state index contributed by atoms with van der Waals surface area (Å²) < 4.78 is 0. The van der Waals surface area contributed by atoms with Crippen molar-refractivity contribution in [2.24, 2.45) is 11.1 Å². The molecule has 2 heterocycles. The van der Waals surface area contributed by atoms with E-state index in [1.807, 2.05) is 13.8 Å². The summed E-state index contributed by atoms with van der Waals surface area (Å²) >= 11 is 0. The second kappa shape index (κ2) is 18.6. The molecule has 0 saturated carbocycles. The molecule has 0 aliphatic carbocycles. The first kappa shape index (κ1) is 37.1. The molecule has 1 aromatic heterocycles. The first-order chi connectivity index (χ1) is 21.4. The molecular formula is C27H44N8O10. The lowest BCUT2D eigenvalue weighted by molar-refractivity contribution is -0.138. The Bertz CT molecular complexity index is 1150. The van der Waals surface area contributed by atoms with E-state index in [1.165, 1.54) is 24.3 Å². The first-order valence-corrected chi connectivity index (χ1v) is 14.5. The van der Waals surface area contributed by atoms with Gasteiger partial charge in [0, 0.05) is 31.8 Å². The summed E-state index contributed by atoms with van der Waals surface area (Å²) in [5.74, 6) is -3.08. The van der Waals surface area contributed by atoms with Crippen molar-refractivity contribution in [1.29, 1.82) is 0 Å². The maximum absolute atomic E-state index is 13.5. The van der Waals surface area contributed by atoms with Crippen LogP contribution in [0.25, 0.3) is 0 Å². The molecule has 2 rings (SSSR count). The summed E-state index contributed by atoms with van der Waals surface area (Å²) in [6, 6.07) is -4.45. The van der Waals surface area contributed by atoms with Gasteiger partial charge in [-0.1, -0.05) is 19.0 Å². The Morgan fingerprint density at radius 2 is 1.76 bits per heavy atom. The van der Waals surface area contributed by atoms with Gasteiger partial charge in [-0.2, -0.15) is 0 Å². The van der Waals surface area contributed by atoms with Crippen LogP contribution >= 0.6 is 0 Å². The SMILES string of the molecule is CC(=O)N1CCCC1C(=O)NC(CC(C)C)C(=O)NC(Cc1cnc[nH]1)C(=O)NC(CO)C(=O)NCON=CC(O)C(O)CO. The molecule has 6 atom stereocenters.